The van der Waals surface area contributed by atoms with E-state index in [0.29, 0.717) is 21.2 Å². The molecular weight excluding hydrogens is 334 g/mol. The van der Waals surface area contributed by atoms with Gasteiger partial charge in [0.2, 0.25) is 0 Å². The second-order valence-corrected chi connectivity index (χ2v) is 6.70. The molecule has 1 aromatic heterocycles. The average Bonchev–Trinajstić information content (AvgIpc) is 3.02. The number of carbonyl (C=O) groups excluding carboxylic acids is 1. The van der Waals surface area contributed by atoms with E-state index in [-0.39, 0.29) is 17.5 Å². The van der Waals surface area contributed by atoms with Gasteiger partial charge >= 0.3 is 0 Å². The highest BCUT2D eigenvalue weighted by Gasteiger charge is 2.23. The third-order valence-electron chi connectivity index (χ3n) is 4.80. The van der Waals surface area contributed by atoms with Gasteiger partial charge in [-0.2, -0.15) is 0 Å². The summed E-state index contributed by atoms with van der Waals surface area (Å²) in [6.07, 6.45) is 1.88. The van der Waals surface area contributed by atoms with Crippen molar-refractivity contribution in [1.82, 2.24) is 14.9 Å². The summed E-state index contributed by atoms with van der Waals surface area (Å²) < 4.78 is 1.71. The van der Waals surface area contributed by atoms with Gasteiger partial charge in [0.1, 0.15) is 0 Å². The van der Waals surface area contributed by atoms with Crippen LogP contribution in [0.25, 0.3) is 10.9 Å². The first-order chi connectivity index (χ1) is 12.0. The molecule has 3 aromatic rings. The Balaban J connectivity index is 1.66. The average molecular weight is 351 g/mol. The first-order valence-corrected chi connectivity index (χ1v) is 8.57. The Bertz CT molecular complexity index is 1110. The maximum absolute atomic E-state index is 12.7. The lowest BCUT2D eigenvalue weighted by atomic mass is 10.1. The smallest absolute Gasteiger partial charge is 0.261 e. The molecule has 25 heavy (non-hydrogen) atoms. The number of aromatic amines is 1. The Morgan fingerprint density at radius 3 is 2.92 bits per heavy atom. The van der Waals surface area contributed by atoms with Crippen LogP contribution in [-0.2, 0) is 13.5 Å². The molecule has 0 radical (unpaired) electrons. The Kier molecular flexibility index (Phi) is 3.77. The molecule has 1 aliphatic rings. The van der Waals surface area contributed by atoms with Crippen molar-refractivity contribution in [2.24, 2.45) is 7.05 Å². The number of hydrogen-bond acceptors (Lipinski definition) is 3. The molecule has 0 aliphatic heterocycles. The molecule has 0 bridgehead atoms. The van der Waals surface area contributed by atoms with Crippen molar-refractivity contribution >= 4 is 29.0 Å². The number of benzene rings is 2. The van der Waals surface area contributed by atoms with Gasteiger partial charge < -0.3 is 10.3 Å². The first-order valence-electron chi connectivity index (χ1n) is 8.16. The minimum atomic E-state index is -0.171. The van der Waals surface area contributed by atoms with Gasteiger partial charge in [-0.1, -0.05) is 24.3 Å². The topological polar surface area (TPSA) is 66.9 Å². The van der Waals surface area contributed by atoms with Gasteiger partial charge in [0, 0.05) is 12.6 Å². The highest BCUT2D eigenvalue weighted by atomic mass is 32.1. The molecule has 1 atom stereocenters. The highest BCUT2D eigenvalue weighted by Crippen LogP contribution is 2.30. The van der Waals surface area contributed by atoms with Crippen molar-refractivity contribution < 1.29 is 4.79 Å². The number of carbonyl (C=O) groups is 1. The van der Waals surface area contributed by atoms with Crippen LogP contribution in [0, 0.1) is 4.77 Å². The summed E-state index contributed by atoms with van der Waals surface area (Å²) in [5.74, 6) is -0.149. The number of H-pyrrole nitrogens is 1. The van der Waals surface area contributed by atoms with Gasteiger partial charge in [-0.25, -0.2) is 0 Å². The molecule has 0 saturated heterocycles. The van der Waals surface area contributed by atoms with Crippen LogP contribution in [-0.4, -0.2) is 15.5 Å². The standard InChI is InChI=1S/C19H17N3O2S/c1-22-18(24)14-8-6-12(10-16(14)21-19(22)25)17(23)20-15-9-7-11-4-2-3-5-13(11)15/h2-6,8,10,15H,7,9H2,1H3,(H,20,23)(H,21,25)/t15-/m0/s1. The zero-order valence-corrected chi connectivity index (χ0v) is 14.5. The maximum Gasteiger partial charge on any atom is 0.261 e. The summed E-state index contributed by atoms with van der Waals surface area (Å²) in [4.78, 5) is 27.9. The SMILES string of the molecule is Cn1c(=S)[nH]c2cc(C(=O)N[C@H]3CCc4ccccc43)ccc2c1=O. The van der Waals surface area contributed by atoms with E-state index in [1.54, 1.807) is 25.2 Å². The predicted octanol–water partition coefficient (Wildman–Crippen LogP) is 3.01. The van der Waals surface area contributed by atoms with Gasteiger partial charge in [-0.05, 0) is 54.4 Å². The number of aromatic nitrogens is 2. The van der Waals surface area contributed by atoms with Crippen molar-refractivity contribution in [1.29, 1.82) is 0 Å². The number of nitrogens with one attached hydrogen (secondary N) is 2. The van der Waals surface area contributed by atoms with Crippen LogP contribution in [0.3, 0.4) is 0 Å². The number of fused-ring (bicyclic) bond motifs is 2. The lowest BCUT2D eigenvalue weighted by Crippen LogP contribution is -2.27. The monoisotopic (exact) mass is 351 g/mol. The molecule has 2 aromatic carbocycles. The predicted molar refractivity (Wildman–Crippen MR) is 99.3 cm³/mol. The summed E-state index contributed by atoms with van der Waals surface area (Å²) >= 11 is 5.14. The molecule has 1 aliphatic carbocycles. The van der Waals surface area contributed by atoms with E-state index >= 15 is 0 Å². The molecule has 0 saturated carbocycles. The Morgan fingerprint density at radius 1 is 1.28 bits per heavy atom. The van der Waals surface area contributed by atoms with Gasteiger partial charge in [0.15, 0.2) is 4.77 Å². The van der Waals surface area contributed by atoms with Crippen LogP contribution in [0.5, 0.6) is 0 Å². The van der Waals surface area contributed by atoms with Crippen LogP contribution in [0.4, 0.5) is 0 Å². The minimum absolute atomic E-state index is 0.0292. The molecule has 1 amide bonds. The van der Waals surface area contributed by atoms with E-state index in [1.165, 1.54) is 15.7 Å². The van der Waals surface area contributed by atoms with E-state index in [1.807, 2.05) is 12.1 Å². The van der Waals surface area contributed by atoms with E-state index in [2.05, 4.69) is 22.4 Å². The van der Waals surface area contributed by atoms with Crippen molar-refractivity contribution in [3.63, 3.8) is 0 Å². The molecular formula is C19H17N3O2S. The Morgan fingerprint density at radius 2 is 2.08 bits per heavy atom. The minimum Gasteiger partial charge on any atom is -0.345 e. The van der Waals surface area contributed by atoms with E-state index in [0.717, 1.165) is 12.8 Å². The van der Waals surface area contributed by atoms with Crippen molar-refractivity contribution in [3.8, 4) is 0 Å². The summed E-state index contributed by atoms with van der Waals surface area (Å²) in [6, 6.07) is 13.2. The zero-order chi connectivity index (χ0) is 17.6. The third kappa shape index (κ3) is 2.68. The molecule has 6 heteroatoms. The van der Waals surface area contributed by atoms with Crippen LogP contribution < -0.4 is 10.9 Å². The van der Waals surface area contributed by atoms with Gasteiger partial charge in [-0.3, -0.25) is 14.2 Å². The van der Waals surface area contributed by atoms with E-state index in [9.17, 15) is 9.59 Å². The van der Waals surface area contributed by atoms with E-state index in [4.69, 9.17) is 12.2 Å². The molecule has 4 rings (SSSR count). The number of hydrogen-bond donors (Lipinski definition) is 2. The molecule has 2 N–H and O–H groups in total. The lowest BCUT2D eigenvalue weighted by Gasteiger charge is -2.14. The molecule has 0 fully saturated rings. The molecule has 1 heterocycles. The summed E-state index contributed by atoms with van der Waals surface area (Å²) in [7, 11) is 1.62. The van der Waals surface area contributed by atoms with Crippen molar-refractivity contribution in [2.75, 3.05) is 0 Å². The molecule has 5 nitrogen and oxygen atoms in total. The lowest BCUT2D eigenvalue weighted by molar-refractivity contribution is 0.0937. The second kappa shape index (κ2) is 5.97. The van der Waals surface area contributed by atoms with Crippen molar-refractivity contribution in [3.05, 3.63) is 74.3 Å². The fourth-order valence-corrected chi connectivity index (χ4v) is 3.59. The van der Waals surface area contributed by atoms with Gasteiger partial charge in [0.25, 0.3) is 11.5 Å². The van der Waals surface area contributed by atoms with Crippen LogP contribution in [0.15, 0.2) is 47.3 Å². The highest BCUT2D eigenvalue weighted by molar-refractivity contribution is 7.71. The zero-order valence-electron chi connectivity index (χ0n) is 13.7. The van der Waals surface area contributed by atoms with Crippen molar-refractivity contribution in [2.45, 2.75) is 18.9 Å². The van der Waals surface area contributed by atoms with Gasteiger partial charge in [-0.15, -0.1) is 0 Å². The third-order valence-corrected chi connectivity index (χ3v) is 5.18. The largest absolute Gasteiger partial charge is 0.345 e. The second-order valence-electron chi connectivity index (χ2n) is 6.32. The van der Waals surface area contributed by atoms with Gasteiger partial charge in [0.05, 0.1) is 16.9 Å². The Labute approximate surface area is 149 Å². The summed E-state index contributed by atoms with van der Waals surface area (Å²) in [6.45, 7) is 0. The molecule has 0 spiro atoms. The Hall–Kier alpha value is -2.73. The number of aryl methyl sites for hydroxylation is 1. The fourth-order valence-electron chi connectivity index (χ4n) is 3.40. The van der Waals surface area contributed by atoms with Crippen LogP contribution in [0.2, 0.25) is 0 Å². The normalized spacial score (nSPS) is 16.0. The molecule has 0 unspecified atom stereocenters. The van der Waals surface area contributed by atoms with Crippen LogP contribution in [0.1, 0.15) is 33.9 Å². The number of rotatable bonds is 2. The summed E-state index contributed by atoms with van der Waals surface area (Å²) in [5.41, 5.74) is 3.39. The molecule has 126 valence electrons. The number of amides is 1. The van der Waals surface area contributed by atoms with Crippen LogP contribution >= 0.6 is 12.2 Å². The quantitative estimate of drug-likeness (QED) is 0.698. The first kappa shape index (κ1) is 15.8. The van der Waals surface area contributed by atoms with E-state index < -0.39 is 0 Å². The summed E-state index contributed by atoms with van der Waals surface area (Å²) in [5, 5.41) is 3.61. The fraction of sp³-hybridized carbons (Fsp3) is 0.211. The number of nitrogens with zero attached hydrogens (tertiary/aromatic N) is 1. The maximum atomic E-state index is 12.7.